The van der Waals surface area contributed by atoms with Gasteiger partial charge in [-0.05, 0) is 48.5 Å². The minimum absolute atomic E-state index is 0.00924. The summed E-state index contributed by atoms with van der Waals surface area (Å²) in [6, 6.07) is 10.7. The summed E-state index contributed by atoms with van der Waals surface area (Å²) in [6.45, 7) is 16.0. The van der Waals surface area contributed by atoms with Crippen molar-refractivity contribution < 1.29 is 14.3 Å². The van der Waals surface area contributed by atoms with E-state index in [4.69, 9.17) is 4.43 Å². The molecule has 0 radical (unpaired) electrons. The predicted molar refractivity (Wildman–Crippen MR) is 130 cm³/mol. The highest BCUT2D eigenvalue weighted by Gasteiger charge is 2.49. The number of rotatable bonds is 4. The highest BCUT2D eigenvalue weighted by molar-refractivity contribution is 6.91. The van der Waals surface area contributed by atoms with Crippen LogP contribution in [-0.4, -0.2) is 33.4 Å². The van der Waals surface area contributed by atoms with Gasteiger partial charge in [0.25, 0.3) is 0 Å². The lowest BCUT2D eigenvalue weighted by Gasteiger charge is -2.39. The number of allylic oxidation sites excluding steroid dienone is 2. The molecule has 0 aliphatic heterocycles. The Balaban J connectivity index is 2.13. The van der Waals surface area contributed by atoms with Gasteiger partial charge in [-0.2, -0.15) is 0 Å². The fourth-order valence-corrected chi connectivity index (χ4v) is 9.42. The maximum Gasteiger partial charge on any atom is 0.250 e. The molecular formula is C25H40O3Si2. The van der Waals surface area contributed by atoms with Crippen molar-refractivity contribution in [2.45, 2.75) is 89.3 Å². The molecule has 0 heterocycles. The van der Waals surface area contributed by atoms with Crippen molar-refractivity contribution in [2.75, 3.05) is 0 Å². The van der Waals surface area contributed by atoms with Gasteiger partial charge in [-0.3, -0.25) is 4.79 Å². The van der Waals surface area contributed by atoms with Gasteiger partial charge in [-0.1, -0.05) is 82.2 Å². The third-order valence-electron chi connectivity index (χ3n) is 8.00. The van der Waals surface area contributed by atoms with Crippen LogP contribution in [0.3, 0.4) is 0 Å². The quantitative estimate of drug-likeness (QED) is 0.612. The van der Waals surface area contributed by atoms with Gasteiger partial charge in [0.2, 0.25) is 8.32 Å². The molecular weight excluding hydrogens is 404 g/mol. The molecule has 1 unspecified atom stereocenters. The van der Waals surface area contributed by atoms with E-state index >= 15 is 0 Å². The topological polar surface area (TPSA) is 46.5 Å². The molecule has 1 saturated carbocycles. The standard InChI is InChI=1S/C25H40O3Si2/c1-25(2,3)30(6,7)28-21-17-22(29(4,5)18-13-9-8-10-14-18)20-16-12-11-15-19(21)23(26)24(20)27/h8-10,13-14,17,19-20,22,24,27H,11-12,15-16H2,1-7H3/t19-,20+,22-,24?/m0/s1. The van der Waals surface area contributed by atoms with E-state index in [1.807, 2.05) is 0 Å². The number of aliphatic hydroxyl groups is 1. The molecule has 0 amide bonds. The van der Waals surface area contributed by atoms with Crippen LogP contribution in [0.15, 0.2) is 42.2 Å². The predicted octanol–water partition coefficient (Wildman–Crippen LogP) is 5.63. The van der Waals surface area contributed by atoms with E-state index < -0.39 is 22.5 Å². The maximum absolute atomic E-state index is 13.4. The van der Waals surface area contributed by atoms with Crippen LogP contribution < -0.4 is 5.19 Å². The Hall–Kier alpha value is -1.18. The summed E-state index contributed by atoms with van der Waals surface area (Å²) < 4.78 is 6.83. The van der Waals surface area contributed by atoms with Gasteiger partial charge in [-0.25, -0.2) is 0 Å². The summed E-state index contributed by atoms with van der Waals surface area (Å²) in [6.07, 6.45) is 5.24. The Morgan fingerprint density at radius 1 is 1.00 bits per heavy atom. The molecule has 1 fully saturated rings. The molecule has 3 nitrogen and oxygen atoms in total. The van der Waals surface area contributed by atoms with Crippen LogP contribution in [0, 0.1) is 11.8 Å². The fraction of sp³-hybridized carbons (Fsp3) is 0.640. The minimum atomic E-state index is -2.09. The van der Waals surface area contributed by atoms with Crippen LogP contribution in [0.1, 0.15) is 46.5 Å². The zero-order valence-electron chi connectivity index (χ0n) is 19.9. The SMILES string of the molecule is CC(C)(C)[Si](C)(C)OC1=C[C@H]([Si](C)(C)c2ccccc2)[C@H]2CCCC[C@@H]1C(=O)C2O. The van der Waals surface area contributed by atoms with Crippen molar-refractivity contribution in [3.8, 4) is 0 Å². The molecule has 5 heteroatoms. The lowest BCUT2D eigenvalue weighted by atomic mass is 9.83. The molecule has 3 rings (SSSR count). The van der Waals surface area contributed by atoms with Gasteiger partial charge in [0, 0.05) is 0 Å². The van der Waals surface area contributed by atoms with Crippen molar-refractivity contribution in [3.05, 3.63) is 42.2 Å². The van der Waals surface area contributed by atoms with Crippen molar-refractivity contribution in [1.29, 1.82) is 0 Å². The zero-order valence-corrected chi connectivity index (χ0v) is 21.9. The number of ketones is 1. The van der Waals surface area contributed by atoms with Gasteiger partial charge in [0.05, 0.1) is 19.8 Å². The van der Waals surface area contributed by atoms with Crippen LogP contribution in [0.5, 0.6) is 0 Å². The summed E-state index contributed by atoms with van der Waals surface area (Å²) in [5.41, 5.74) is 0.182. The van der Waals surface area contributed by atoms with Crippen LogP contribution in [-0.2, 0) is 9.22 Å². The Morgan fingerprint density at radius 2 is 1.60 bits per heavy atom. The lowest BCUT2D eigenvalue weighted by molar-refractivity contribution is -0.134. The van der Waals surface area contributed by atoms with Crippen molar-refractivity contribution >= 4 is 27.4 Å². The average Bonchev–Trinajstić information content (AvgIpc) is 2.72. The van der Waals surface area contributed by atoms with Crippen LogP contribution in [0.25, 0.3) is 0 Å². The molecule has 2 aliphatic carbocycles. The average molecular weight is 445 g/mol. The maximum atomic E-state index is 13.4. The number of benzene rings is 1. The van der Waals surface area contributed by atoms with Crippen LogP contribution in [0.4, 0.5) is 0 Å². The molecule has 0 spiro atoms. The number of hydrogen-bond acceptors (Lipinski definition) is 3. The first kappa shape index (κ1) is 23.5. The van der Waals surface area contributed by atoms with E-state index in [0.29, 0.717) is 0 Å². The second-order valence-corrected chi connectivity index (χ2v) is 20.8. The molecule has 2 bridgehead atoms. The highest BCUT2D eigenvalue weighted by Crippen LogP contribution is 2.47. The smallest absolute Gasteiger partial charge is 0.250 e. The molecule has 0 aromatic heterocycles. The first-order chi connectivity index (χ1) is 13.9. The summed E-state index contributed by atoms with van der Waals surface area (Å²) in [7, 11) is -4.09. The zero-order chi connectivity index (χ0) is 22.3. The second-order valence-electron chi connectivity index (χ2n) is 11.4. The van der Waals surface area contributed by atoms with Gasteiger partial charge in [0.15, 0.2) is 5.78 Å². The Bertz CT molecular complexity index is 792. The van der Waals surface area contributed by atoms with Gasteiger partial charge >= 0.3 is 0 Å². The summed E-state index contributed by atoms with van der Waals surface area (Å²) >= 11 is 0. The first-order valence-electron chi connectivity index (χ1n) is 11.5. The third kappa shape index (κ3) is 4.39. The molecule has 1 aromatic rings. The largest absolute Gasteiger partial charge is 0.546 e. The number of aliphatic hydroxyl groups excluding tert-OH is 1. The van der Waals surface area contributed by atoms with Crippen molar-refractivity contribution in [1.82, 2.24) is 0 Å². The van der Waals surface area contributed by atoms with Gasteiger partial charge in [0.1, 0.15) is 6.10 Å². The molecule has 30 heavy (non-hydrogen) atoms. The molecule has 2 aliphatic rings. The second kappa shape index (κ2) is 8.40. The number of Topliss-reactive ketones (excluding diaryl/α,β-unsaturated/α-hetero) is 1. The lowest BCUT2D eigenvalue weighted by Crippen LogP contribution is -2.50. The first-order valence-corrected chi connectivity index (χ1v) is 17.5. The Kier molecular flexibility index (Phi) is 6.57. The van der Waals surface area contributed by atoms with Gasteiger partial charge in [-0.15, -0.1) is 0 Å². The molecule has 166 valence electrons. The summed E-state index contributed by atoms with van der Waals surface area (Å²) in [5, 5.41) is 12.6. The molecule has 1 aromatic carbocycles. The fourth-order valence-electron chi connectivity index (χ4n) is 4.88. The van der Waals surface area contributed by atoms with E-state index in [0.717, 1.165) is 31.4 Å². The minimum Gasteiger partial charge on any atom is -0.546 e. The Morgan fingerprint density at radius 3 is 2.20 bits per heavy atom. The van der Waals surface area contributed by atoms with E-state index in [2.05, 4.69) is 83.4 Å². The van der Waals surface area contributed by atoms with Crippen LogP contribution in [0.2, 0.25) is 36.8 Å². The summed E-state index contributed by atoms with van der Waals surface area (Å²) in [5.74, 6) is 0.562. The van der Waals surface area contributed by atoms with E-state index in [1.165, 1.54) is 5.19 Å². The van der Waals surface area contributed by atoms with Crippen molar-refractivity contribution in [2.24, 2.45) is 11.8 Å². The van der Waals surface area contributed by atoms with E-state index in [9.17, 15) is 9.90 Å². The number of fused-ring (bicyclic) bond motifs is 3. The monoisotopic (exact) mass is 444 g/mol. The number of hydrogen-bond donors (Lipinski definition) is 1. The van der Waals surface area contributed by atoms with Crippen molar-refractivity contribution in [3.63, 3.8) is 0 Å². The van der Waals surface area contributed by atoms with E-state index in [1.54, 1.807) is 0 Å². The highest BCUT2D eigenvalue weighted by atomic mass is 28.4. The van der Waals surface area contributed by atoms with E-state index in [-0.39, 0.29) is 28.2 Å². The molecule has 0 saturated heterocycles. The summed E-state index contributed by atoms with van der Waals surface area (Å²) in [4.78, 5) is 13.4. The third-order valence-corrected chi connectivity index (χ3v) is 16.4. The Labute approximate surface area is 185 Å². The van der Waals surface area contributed by atoms with Crippen LogP contribution >= 0.6 is 0 Å². The normalized spacial score (nSPS) is 28.4. The number of carbonyl (C=O) groups is 1. The van der Waals surface area contributed by atoms with Gasteiger partial charge < -0.3 is 9.53 Å². The number of carbonyl (C=O) groups excluding carboxylic acids is 1. The molecule has 4 atom stereocenters. The molecule has 1 N–H and O–H groups in total.